The summed E-state index contributed by atoms with van der Waals surface area (Å²) in [4.78, 5) is 8.81. The van der Waals surface area contributed by atoms with Gasteiger partial charge >= 0.3 is 0 Å². The highest BCUT2D eigenvalue weighted by atomic mass is 79.9. The molecule has 0 radical (unpaired) electrons. The van der Waals surface area contributed by atoms with Crippen LogP contribution in [0.5, 0.6) is 0 Å². The molecule has 0 amide bonds. The minimum absolute atomic E-state index is 0.691. The maximum atomic E-state index is 4.54. The van der Waals surface area contributed by atoms with E-state index in [9.17, 15) is 0 Å². The fraction of sp³-hybridized carbons (Fsp3) is 0.250. The van der Waals surface area contributed by atoms with Gasteiger partial charge in [-0.3, -0.25) is 9.08 Å². The van der Waals surface area contributed by atoms with Crippen LogP contribution in [0.15, 0.2) is 23.1 Å². The second kappa shape index (κ2) is 3.91. The number of fused-ring (bicyclic) bond motifs is 1. The zero-order valence-electron chi connectivity index (χ0n) is 10.3. The number of imidazole rings is 1. The maximum Gasteiger partial charge on any atom is 0.234 e. The lowest BCUT2D eigenvalue weighted by molar-refractivity contribution is 0.731. The zero-order chi connectivity index (χ0) is 12.9. The fourth-order valence-corrected chi connectivity index (χ4v) is 2.45. The summed E-state index contributed by atoms with van der Waals surface area (Å²) >= 11 is 3.40. The average molecular weight is 306 g/mol. The van der Waals surface area contributed by atoms with Gasteiger partial charge in [0.15, 0.2) is 0 Å². The van der Waals surface area contributed by atoms with Crippen molar-refractivity contribution in [1.82, 2.24) is 24.1 Å². The average Bonchev–Trinajstić information content (AvgIpc) is 2.80. The molecule has 5 nitrogen and oxygen atoms in total. The van der Waals surface area contributed by atoms with Gasteiger partial charge in [0, 0.05) is 36.9 Å². The molecule has 0 unspecified atom stereocenters. The van der Waals surface area contributed by atoms with Crippen molar-refractivity contribution in [2.45, 2.75) is 13.8 Å². The van der Waals surface area contributed by atoms with Gasteiger partial charge in [0.05, 0.1) is 15.9 Å². The number of aryl methyl sites for hydroxylation is 2. The maximum absolute atomic E-state index is 4.54. The highest BCUT2D eigenvalue weighted by Gasteiger charge is 2.15. The minimum Gasteiger partial charge on any atom is -0.289 e. The van der Waals surface area contributed by atoms with E-state index in [-0.39, 0.29) is 0 Å². The van der Waals surface area contributed by atoms with Gasteiger partial charge in [-0.25, -0.2) is 9.97 Å². The summed E-state index contributed by atoms with van der Waals surface area (Å²) in [6.07, 6.45) is 5.67. The van der Waals surface area contributed by atoms with Crippen molar-refractivity contribution in [3.8, 4) is 11.3 Å². The van der Waals surface area contributed by atoms with Gasteiger partial charge in [-0.2, -0.15) is 5.10 Å². The summed E-state index contributed by atoms with van der Waals surface area (Å²) in [7, 11) is 1.94. The third kappa shape index (κ3) is 1.64. The van der Waals surface area contributed by atoms with Crippen molar-refractivity contribution in [3.05, 3.63) is 34.5 Å². The van der Waals surface area contributed by atoms with E-state index in [2.05, 4.69) is 31.0 Å². The molecular weight excluding hydrogens is 294 g/mol. The number of nitrogens with zero attached hydrogens (tertiary/aromatic N) is 5. The van der Waals surface area contributed by atoms with E-state index in [0.717, 1.165) is 27.1 Å². The molecule has 0 aromatic carbocycles. The van der Waals surface area contributed by atoms with Gasteiger partial charge in [-0.1, -0.05) is 0 Å². The van der Waals surface area contributed by atoms with Gasteiger partial charge in [-0.05, 0) is 29.8 Å². The molecule has 0 aliphatic rings. The van der Waals surface area contributed by atoms with E-state index in [0.29, 0.717) is 5.78 Å². The Bertz CT molecular complexity index is 740. The van der Waals surface area contributed by atoms with Crippen molar-refractivity contribution in [3.63, 3.8) is 0 Å². The largest absolute Gasteiger partial charge is 0.289 e. The molecule has 0 saturated heterocycles. The van der Waals surface area contributed by atoms with Gasteiger partial charge in [0.2, 0.25) is 5.78 Å². The molecule has 3 rings (SSSR count). The number of hydrogen-bond donors (Lipinski definition) is 0. The summed E-state index contributed by atoms with van der Waals surface area (Å²) in [6, 6.07) is 0. The van der Waals surface area contributed by atoms with Crippen LogP contribution >= 0.6 is 15.9 Å². The monoisotopic (exact) mass is 305 g/mol. The second-order valence-corrected chi connectivity index (χ2v) is 5.19. The first kappa shape index (κ1) is 11.4. The van der Waals surface area contributed by atoms with Crippen LogP contribution < -0.4 is 0 Å². The number of hydrogen-bond acceptors (Lipinski definition) is 3. The molecule has 3 aromatic rings. The van der Waals surface area contributed by atoms with Crippen molar-refractivity contribution < 1.29 is 0 Å². The smallest absolute Gasteiger partial charge is 0.234 e. The van der Waals surface area contributed by atoms with Gasteiger partial charge in [0.1, 0.15) is 0 Å². The summed E-state index contributed by atoms with van der Waals surface area (Å²) in [6.45, 7) is 4.04. The highest BCUT2D eigenvalue weighted by molar-refractivity contribution is 9.10. The lowest BCUT2D eigenvalue weighted by Gasteiger charge is -1.96. The Morgan fingerprint density at radius 3 is 2.67 bits per heavy atom. The minimum atomic E-state index is 0.691. The topological polar surface area (TPSA) is 48.0 Å². The quantitative estimate of drug-likeness (QED) is 0.694. The van der Waals surface area contributed by atoms with E-state index in [1.165, 1.54) is 0 Å². The normalized spacial score (nSPS) is 11.3. The summed E-state index contributed by atoms with van der Waals surface area (Å²) < 4.78 is 4.71. The van der Waals surface area contributed by atoms with Crippen LogP contribution in [-0.4, -0.2) is 24.1 Å². The Labute approximate surface area is 113 Å². The molecular formula is C12H12BrN5. The molecule has 0 aliphatic heterocycles. The van der Waals surface area contributed by atoms with E-state index in [1.54, 1.807) is 6.20 Å². The molecule has 92 valence electrons. The molecule has 0 spiro atoms. The fourth-order valence-electron chi connectivity index (χ4n) is 2.12. The van der Waals surface area contributed by atoms with Crippen LogP contribution in [0.2, 0.25) is 0 Å². The van der Waals surface area contributed by atoms with E-state index >= 15 is 0 Å². The molecule has 0 atom stereocenters. The zero-order valence-corrected chi connectivity index (χ0v) is 11.9. The van der Waals surface area contributed by atoms with Crippen LogP contribution in [0.3, 0.4) is 0 Å². The lowest BCUT2D eigenvalue weighted by atomic mass is 10.1. The van der Waals surface area contributed by atoms with Crippen molar-refractivity contribution >= 4 is 21.7 Å². The van der Waals surface area contributed by atoms with E-state index < -0.39 is 0 Å². The number of halogens is 1. The molecule has 3 aromatic heterocycles. The predicted octanol–water partition coefficient (Wildman–Crippen LogP) is 2.51. The Kier molecular flexibility index (Phi) is 2.48. The van der Waals surface area contributed by atoms with E-state index in [4.69, 9.17) is 0 Å². The SMILES string of the molecule is Cc1nn(C)c(C)c1-c1cn2cc(Br)cnc2n1. The summed E-state index contributed by atoms with van der Waals surface area (Å²) in [5.41, 5.74) is 4.08. The van der Waals surface area contributed by atoms with E-state index in [1.807, 2.05) is 42.4 Å². The molecule has 0 fully saturated rings. The van der Waals surface area contributed by atoms with Gasteiger partial charge < -0.3 is 0 Å². The Morgan fingerprint density at radius 2 is 2.00 bits per heavy atom. The number of aromatic nitrogens is 5. The Morgan fingerprint density at radius 1 is 1.22 bits per heavy atom. The summed E-state index contributed by atoms with van der Waals surface area (Å²) in [5.74, 6) is 0.691. The number of rotatable bonds is 1. The third-order valence-electron chi connectivity index (χ3n) is 3.04. The molecule has 0 bridgehead atoms. The molecule has 0 saturated carbocycles. The molecule has 0 N–H and O–H groups in total. The van der Waals surface area contributed by atoms with Crippen LogP contribution in [0.1, 0.15) is 11.4 Å². The van der Waals surface area contributed by atoms with Crippen LogP contribution in [-0.2, 0) is 7.05 Å². The van der Waals surface area contributed by atoms with Crippen LogP contribution in [0.25, 0.3) is 17.0 Å². The van der Waals surface area contributed by atoms with Crippen molar-refractivity contribution in [1.29, 1.82) is 0 Å². The Hall–Kier alpha value is -1.69. The predicted molar refractivity (Wildman–Crippen MR) is 72.4 cm³/mol. The lowest BCUT2D eigenvalue weighted by Crippen LogP contribution is -1.92. The highest BCUT2D eigenvalue weighted by Crippen LogP contribution is 2.25. The Balaban J connectivity index is 2.25. The van der Waals surface area contributed by atoms with Crippen molar-refractivity contribution in [2.24, 2.45) is 7.05 Å². The third-order valence-corrected chi connectivity index (χ3v) is 3.45. The standard InChI is InChI=1S/C12H12BrN5/c1-7-11(8(2)17(3)16-7)10-6-18-5-9(13)4-14-12(18)15-10/h4-6H,1-3H3. The van der Waals surface area contributed by atoms with Crippen LogP contribution in [0.4, 0.5) is 0 Å². The molecule has 6 heteroatoms. The molecule has 18 heavy (non-hydrogen) atoms. The molecule has 0 aliphatic carbocycles. The van der Waals surface area contributed by atoms with Gasteiger partial charge in [-0.15, -0.1) is 0 Å². The van der Waals surface area contributed by atoms with Crippen molar-refractivity contribution in [2.75, 3.05) is 0 Å². The van der Waals surface area contributed by atoms with Crippen LogP contribution in [0, 0.1) is 13.8 Å². The second-order valence-electron chi connectivity index (χ2n) is 4.28. The summed E-state index contributed by atoms with van der Waals surface area (Å²) in [5, 5.41) is 4.41. The molecule has 3 heterocycles. The first-order valence-electron chi connectivity index (χ1n) is 5.57. The van der Waals surface area contributed by atoms with Gasteiger partial charge in [0.25, 0.3) is 0 Å². The first-order chi connectivity index (χ1) is 8.56. The first-order valence-corrected chi connectivity index (χ1v) is 6.36.